The van der Waals surface area contributed by atoms with E-state index in [2.05, 4.69) is 10.2 Å². The molecule has 0 spiro atoms. The van der Waals surface area contributed by atoms with Gasteiger partial charge in [-0.3, -0.25) is 4.79 Å². The Hall–Kier alpha value is -2.06. The average Bonchev–Trinajstić information content (AvgIpc) is 2.41. The smallest absolute Gasteiger partial charge is 0.257 e. The van der Waals surface area contributed by atoms with Crippen LogP contribution in [-0.4, -0.2) is 44.6 Å². The second-order valence-corrected chi connectivity index (χ2v) is 4.43. The van der Waals surface area contributed by atoms with Crippen molar-refractivity contribution in [2.75, 3.05) is 33.8 Å². The topological polar surface area (TPSA) is 65.4 Å². The molecule has 0 aliphatic carbocycles. The molecule has 0 saturated heterocycles. The maximum Gasteiger partial charge on any atom is 0.257 e. The van der Waals surface area contributed by atoms with Gasteiger partial charge in [0.1, 0.15) is 5.75 Å². The number of carbonyl (C=O) groups is 1. The highest BCUT2D eigenvalue weighted by atomic mass is 16.5. The molecular weight excluding hydrogens is 242 g/mol. The Morgan fingerprint density at radius 1 is 1.37 bits per heavy atom. The number of amides is 1. The number of hydrogen-bond acceptors (Lipinski definition) is 4. The predicted molar refractivity (Wildman–Crippen MR) is 72.8 cm³/mol. The van der Waals surface area contributed by atoms with Gasteiger partial charge in [0, 0.05) is 6.54 Å². The molecule has 0 heterocycles. The number of benzene rings is 1. The van der Waals surface area contributed by atoms with Crippen LogP contribution in [0.4, 0.5) is 0 Å². The Morgan fingerprint density at radius 2 is 2.05 bits per heavy atom. The van der Waals surface area contributed by atoms with E-state index >= 15 is 0 Å². The number of carbonyl (C=O) groups excluding carboxylic acids is 1. The zero-order chi connectivity index (χ0) is 14.1. The van der Waals surface area contributed by atoms with Crippen LogP contribution in [-0.2, 0) is 4.79 Å². The average molecular weight is 261 g/mol. The first kappa shape index (κ1) is 15.0. The Labute approximate surface area is 113 Å². The molecule has 19 heavy (non-hydrogen) atoms. The van der Waals surface area contributed by atoms with Gasteiger partial charge in [0.15, 0.2) is 6.61 Å². The Kier molecular flexibility index (Phi) is 6.41. The number of ether oxygens (including phenoxy) is 1. The lowest BCUT2D eigenvalue weighted by Crippen LogP contribution is -2.31. The molecule has 1 amide bonds. The summed E-state index contributed by atoms with van der Waals surface area (Å²) in [4.78, 5) is 13.6. The van der Waals surface area contributed by atoms with Crippen molar-refractivity contribution in [1.82, 2.24) is 10.2 Å². The molecule has 0 aliphatic rings. The largest absolute Gasteiger partial charge is 0.484 e. The van der Waals surface area contributed by atoms with Crippen molar-refractivity contribution in [3.8, 4) is 11.8 Å². The molecule has 0 radical (unpaired) electrons. The van der Waals surface area contributed by atoms with Crippen molar-refractivity contribution in [3.63, 3.8) is 0 Å². The lowest BCUT2D eigenvalue weighted by atomic mass is 10.2. The zero-order valence-electron chi connectivity index (χ0n) is 11.3. The summed E-state index contributed by atoms with van der Waals surface area (Å²) in [5, 5.41) is 11.4. The highest BCUT2D eigenvalue weighted by Crippen LogP contribution is 2.10. The number of hydrogen-bond donors (Lipinski definition) is 1. The monoisotopic (exact) mass is 261 g/mol. The number of nitriles is 1. The molecule has 1 N–H and O–H groups in total. The van der Waals surface area contributed by atoms with Gasteiger partial charge in [-0.15, -0.1) is 0 Å². The lowest BCUT2D eigenvalue weighted by molar-refractivity contribution is -0.123. The van der Waals surface area contributed by atoms with Gasteiger partial charge in [-0.1, -0.05) is 0 Å². The van der Waals surface area contributed by atoms with Crippen LogP contribution < -0.4 is 10.1 Å². The summed E-state index contributed by atoms with van der Waals surface area (Å²) in [6.45, 7) is 1.58. The van der Waals surface area contributed by atoms with Gasteiger partial charge >= 0.3 is 0 Å². The molecule has 0 atom stereocenters. The molecule has 1 aromatic rings. The van der Waals surface area contributed by atoms with Crippen molar-refractivity contribution in [1.29, 1.82) is 5.26 Å². The Morgan fingerprint density at radius 3 is 2.63 bits per heavy atom. The molecule has 0 unspecified atom stereocenters. The summed E-state index contributed by atoms with van der Waals surface area (Å²) in [5.74, 6) is 0.450. The third kappa shape index (κ3) is 6.43. The molecule has 5 nitrogen and oxygen atoms in total. The predicted octanol–water partition coefficient (Wildman–Crippen LogP) is 1.00. The van der Waals surface area contributed by atoms with E-state index in [1.165, 1.54) is 0 Å². The Balaban J connectivity index is 2.20. The van der Waals surface area contributed by atoms with Crippen LogP contribution in [0.2, 0.25) is 0 Å². The first-order chi connectivity index (χ1) is 9.11. The van der Waals surface area contributed by atoms with Crippen molar-refractivity contribution in [2.45, 2.75) is 6.42 Å². The van der Waals surface area contributed by atoms with E-state index < -0.39 is 0 Å². The van der Waals surface area contributed by atoms with Crippen LogP contribution in [0.25, 0.3) is 0 Å². The van der Waals surface area contributed by atoms with E-state index in [1.807, 2.05) is 20.2 Å². The summed E-state index contributed by atoms with van der Waals surface area (Å²) in [6.07, 6.45) is 0.912. The van der Waals surface area contributed by atoms with Crippen LogP contribution in [0.3, 0.4) is 0 Å². The van der Waals surface area contributed by atoms with Crippen LogP contribution >= 0.6 is 0 Å². The second kappa shape index (κ2) is 8.11. The van der Waals surface area contributed by atoms with Gasteiger partial charge in [0.25, 0.3) is 5.91 Å². The normalized spacial score (nSPS) is 10.0. The highest BCUT2D eigenvalue weighted by molar-refractivity contribution is 5.77. The van der Waals surface area contributed by atoms with Crippen LogP contribution in [0.1, 0.15) is 12.0 Å². The van der Waals surface area contributed by atoms with E-state index in [0.29, 0.717) is 17.9 Å². The maximum atomic E-state index is 11.5. The fourth-order valence-electron chi connectivity index (χ4n) is 1.45. The van der Waals surface area contributed by atoms with Crippen molar-refractivity contribution in [2.24, 2.45) is 0 Å². The van der Waals surface area contributed by atoms with Crippen molar-refractivity contribution < 1.29 is 9.53 Å². The minimum Gasteiger partial charge on any atom is -0.484 e. The molecular formula is C14H19N3O2. The minimum absolute atomic E-state index is 0.00609. The standard InChI is InChI=1S/C14H19N3O2/c1-17(2)9-3-8-16-14(18)11-19-13-6-4-12(10-15)5-7-13/h4-7H,3,8-9,11H2,1-2H3,(H,16,18). The molecule has 0 aromatic heterocycles. The van der Waals surface area contributed by atoms with E-state index in [9.17, 15) is 4.79 Å². The highest BCUT2D eigenvalue weighted by Gasteiger charge is 2.02. The minimum atomic E-state index is -0.136. The lowest BCUT2D eigenvalue weighted by Gasteiger charge is -2.10. The molecule has 0 fully saturated rings. The van der Waals surface area contributed by atoms with E-state index in [1.54, 1.807) is 24.3 Å². The fraction of sp³-hybridized carbons (Fsp3) is 0.429. The van der Waals surface area contributed by atoms with Crippen LogP contribution in [0.5, 0.6) is 5.75 Å². The van der Waals surface area contributed by atoms with E-state index in [4.69, 9.17) is 10.00 Å². The first-order valence-corrected chi connectivity index (χ1v) is 6.16. The number of nitrogens with one attached hydrogen (secondary N) is 1. The van der Waals surface area contributed by atoms with Gasteiger partial charge in [0.05, 0.1) is 11.6 Å². The van der Waals surface area contributed by atoms with E-state index in [-0.39, 0.29) is 12.5 Å². The van der Waals surface area contributed by atoms with Crippen molar-refractivity contribution in [3.05, 3.63) is 29.8 Å². The molecule has 0 aliphatic heterocycles. The van der Waals surface area contributed by atoms with E-state index in [0.717, 1.165) is 13.0 Å². The number of nitrogens with zero attached hydrogens (tertiary/aromatic N) is 2. The third-order valence-electron chi connectivity index (χ3n) is 2.46. The maximum absolute atomic E-state index is 11.5. The quantitative estimate of drug-likeness (QED) is 0.744. The molecule has 5 heteroatoms. The molecule has 102 valence electrons. The molecule has 1 rings (SSSR count). The second-order valence-electron chi connectivity index (χ2n) is 4.43. The number of rotatable bonds is 7. The summed E-state index contributed by atoms with van der Waals surface area (Å²) < 4.78 is 5.31. The van der Waals surface area contributed by atoms with Crippen molar-refractivity contribution >= 4 is 5.91 Å². The Bertz CT molecular complexity index is 435. The molecule has 0 saturated carbocycles. The van der Waals surface area contributed by atoms with Crippen LogP contribution in [0.15, 0.2) is 24.3 Å². The SMILES string of the molecule is CN(C)CCCNC(=O)COc1ccc(C#N)cc1. The first-order valence-electron chi connectivity index (χ1n) is 6.16. The van der Waals surface area contributed by atoms with Gasteiger partial charge in [-0.2, -0.15) is 5.26 Å². The van der Waals surface area contributed by atoms with Gasteiger partial charge < -0.3 is 15.0 Å². The summed E-state index contributed by atoms with van der Waals surface area (Å²) >= 11 is 0. The van der Waals surface area contributed by atoms with Gasteiger partial charge in [0.2, 0.25) is 0 Å². The van der Waals surface area contributed by atoms with Crippen LogP contribution in [0, 0.1) is 11.3 Å². The summed E-state index contributed by atoms with van der Waals surface area (Å²) in [7, 11) is 3.99. The molecule has 1 aromatic carbocycles. The molecule has 0 bridgehead atoms. The zero-order valence-corrected chi connectivity index (χ0v) is 11.3. The summed E-state index contributed by atoms with van der Waals surface area (Å²) in [5.41, 5.74) is 0.570. The van der Waals surface area contributed by atoms with Gasteiger partial charge in [-0.05, 0) is 51.3 Å². The van der Waals surface area contributed by atoms with Gasteiger partial charge in [-0.25, -0.2) is 0 Å². The third-order valence-corrected chi connectivity index (χ3v) is 2.46. The summed E-state index contributed by atoms with van der Waals surface area (Å²) in [6, 6.07) is 8.69. The fourth-order valence-corrected chi connectivity index (χ4v) is 1.45.